The Bertz CT molecular complexity index is 827. The quantitative estimate of drug-likeness (QED) is 0.541. The lowest BCUT2D eigenvalue weighted by molar-refractivity contribution is -0.131. The maximum atomic E-state index is 11.8. The number of carbonyl (C=O) groups excluding carboxylic acids is 3. The molecule has 0 aliphatic carbocycles. The summed E-state index contributed by atoms with van der Waals surface area (Å²) in [6.45, 7) is 2.10. The zero-order valence-electron chi connectivity index (χ0n) is 15.5. The fourth-order valence-electron chi connectivity index (χ4n) is 2.22. The van der Waals surface area contributed by atoms with Gasteiger partial charge in [0.1, 0.15) is 5.75 Å². The normalized spacial score (nSPS) is 10.1. The molecule has 0 aliphatic heterocycles. The highest BCUT2D eigenvalue weighted by molar-refractivity contribution is 9.10. The molecule has 2 aromatic carbocycles. The zero-order valence-corrected chi connectivity index (χ0v) is 17.0. The first-order valence-corrected chi connectivity index (χ1v) is 9.50. The SMILES string of the molecule is Cc1ccc(OCC(=O)NNC(=O)CCC(=O)NCc2ccccc2)c(Br)c1. The van der Waals surface area contributed by atoms with Gasteiger partial charge in [0.2, 0.25) is 11.8 Å². The summed E-state index contributed by atoms with van der Waals surface area (Å²) in [6.07, 6.45) is -0.00732. The minimum Gasteiger partial charge on any atom is -0.483 e. The van der Waals surface area contributed by atoms with Crippen LogP contribution in [0.3, 0.4) is 0 Å². The van der Waals surface area contributed by atoms with E-state index in [0.717, 1.165) is 15.6 Å². The van der Waals surface area contributed by atoms with Crippen molar-refractivity contribution in [2.45, 2.75) is 26.3 Å². The average Bonchev–Trinajstić information content (AvgIpc) is 2.69. The van der Waals surface area contributed by atoms with Crippen LogP contribution in [0.15, 0.2) is 53.0 Å². The maximum absolute atomic E-state index is 11.8. The molecule has 3 amide bonds. The Balaban J connectivity index is 1.60. The number of benzene rings is 2. The fourth-order valence-corrected chi connectivity index (χ4v) is 2.82. The number of hydrogen-bond acceptors (Lipinski definition) is 4. The highest BCUT2D eigenvalue weighted by Crippen LogP contribution is 2.25. The van der Waals surface area contributed by atoms with Gasteiger partial charge in [-0.2, -0.15) is 0 Å². The molecule has 0 heterocycles. The van der Waals surface area contributed by atoms with E-state index in [9.17, 15) is 14.4 Å². The third kappa shape index (κ3) is 7.79. The topological polar surface area (TPSA) is 96.5 Å². The van der Waals surface area contributed by atoms with Gasteiger partial charge in [0.15, 0.2) is 6.61 Å². The smallest absolute Gasteiger partial charge is 0.276 e. The van der Waals surface area contributed by atoms with Gasteiger partial charge in [-0.25, -0.2) is 0 Å². The molecule has 148 valence electrons. The molecule has 8 heteroatoms. The lowest BCUT2D eigenvalue weighted by Crippen LogP contribution is -2.44. The summed E-state index contributed by atoms with van der Waals surface area (Å²) in [6, 6.07) is 15.0. The second kappa shape index (κ2) is 11.1. The standard InChI is InChI=1S/C20H22BrN3O4/c1-14-7-8-17(16(21)11-14)28-13-20(27)24-23-19(26)10-9-18(25)22-12-15-5-3-2-4-6-15/h2-8,11H,9-10,12-13H2,1H3,(H,22,25)(H,23,26)(H,24,27). The van der Waals surface area contributed by atoms with E-state index in [1.165, 1.54) is 0 Å². The van der Waals surface area contributed by atoms with Crippen molar-refractivity contribution in [1.82, 2.24) is 16.2 Å². The molecule has 0 saturated carbocycles. The molecule has 2 rings (SSSR count). The maximum Gasteiger partial charge on any atom is 0.276 e. The number of hydrazine groups is 1. The van der Waals surface area contributed by atoms with E-state index in [1.54, 1.807) is 6.07 Å². The fraction of sp³-hybridized carbons (Fsp3) is 0.250. The number of rotatable bonds is 8. The third-order valence-corrected chi connectivity index (χ3v) is 4.32. The van der Waals surface area contributed by atoms with E-state index < -0.39 is 11.8 Å². The molecule has 0 fully saturated rings. The van der Waals surface area contributed by atoms with E-state index in [4.69, 9.17) is 4.74 Å². The van der Waals surface area contributed by atoms with Crippen LogP contribution in [-0.2, 0) is 20.9 Å². The van der Waals surface area contributed by atoms with E-state index in [-0.39, 0.29) is 25.4 Å². The Hall–Kier alpha value is -2.87. The second-order valence-electron chi connectivity index (χ2n) is 6.08. The van der Waals surface area contributed by atoms with Crippen LogP contribution in [0.25, 0.3) is 0 Å². The van der Waals surface area contributed by atoms with Crippen molar-refractivity contribution in [3.8, 4) is 5.75 Å². The molecule has 3 N–H and O–H groups in total. The van der Waals surface area contributed by atoms with Crippen molar-refractivity contribution in [3.63, 3.8) is 0 Å². The summed E-state index contributed by atoms with van der Waals surface area (Å²) in [7, 11) is 0. The van der Waals surface area contributed by atoms with Gasteiger partial charge in [-0.1, -0.05) is 36.4 Å². The number of amides is 3. The summed E-state index contributed by atoms with van der Waals surface area (Å²) in [5, 5.41) is 2.74. The Morgan fingerprint density at radius 1 is 0.929 bits per heavy atom. The Labute approximate surface area is 171 Å². The number of halogens is 1. The van der Waals surface area contributed by atoms with E-state index in [1.807, 2.05) is 49.4 Å². The summed E-state index contributed by atoms with van der Waals surface area (Å²) in [4.78, 5) is 35.3. The Morgan fingerprint density at radius 3 is 2.32 bits per heavy atom. The van der Waals surface area contributed by atoms with Gasteiger partial charge in [0, 0.05) is 19.4 Å². The number of hydrogen-bond donors (Lipinski definition) is 3. The van der Waals surface area contributed by atoms with E-state index in [2.05, 4.69) is 32.1 Å². The molecular formula is C20H22BrN3O4. The lowest BCUT2D eigenvalue weighted by Gasteiger charge is -2.10. The van der Waals surface area contributed by atoms with Crippen molar-refractivity contribution in [2.75, 3.05) is 6.61 Å². The van der Waals surface area contributed by atoms with Gasteiger partial charge in [-0.05, 0) is 46.1 Å². The second-order valence-corrected chi connectivity index (χ2v) is 6.94. The molecule has 0 aliphatic rings. The first-order chi connectivity index (χ1) is 13.4. The summed E-state index contributed by atoms with van der Waals surface area (Å²) >= 11 is 3.36. The molecule has 0 aromatic heterocycles. The minimum absolute atomic E-state index is 0.0291. The molecule has 0 spiro atoms. The van der Waals surface area contributed by atoms with Gasteiger partial charge < -0.3 is 10.1 Å². The third-order valence-electron chi connectivity index (χ3n) is 3.70. The molecular weight excluding hydrogens is 426 g/mol. The molecule has 0 unspecified atom stereocenters. The molecule has 28 heavy (non-hydrogen) atoms. The summed E-state index contributed by atoms with van der Waals surface area (Å²) < 4.78 is 6.13. The van der Waals surface area contributed by atoms with Crippen LogP contribution in [0.5, 0.6) is 5.75 Å². The molecule has 7 nitrogen and oxygen atoms in total. The first-order valence-electron chi connectivity index (χ1n) is 8.71. The van der Waals surface area contributed by atoms with Crippen molar-refractivity contribution < 1.29 is 19.1 Å². The van der Waals surface area contributed by atoms with E-state index >= 15 is 0 Å². The number of ether oxygens (including phenoxy) is 1. The average molecular weight is 448 g/mol. The van der Waals surface area contributed by atoms with Crippen LogP contribution in [0.1, 0.15) is 24.0 Å². The molecule has 0 radical (unpaired) electrons. The number of nitrogens with one attached hydrogen (secondary N) is 3. The van der Waals surface area contributed by atoms with Crippen LogP contribution in [0, 0.1) is 6.92 Å². The van der Waals surface area contributed by atoms with Gasteiger partial charge in [0.25, 0.3) is 5.91 Å². The van der Waals surface area contributed by atoms with Crippen LogP contribution >= 0.6 is 15.9 Å². The Morgan fingerprint density at radius 2 is 1.61 bits per heavy atom. The van der Waals surface area contributed by atoms with Gasteiger partial charge in [-0.3, -0.25) is 25.2 Å². The van der Waals surface area contributed by atoms with Crippen LogP contribution in [0.2, 0.25) is 0 Å². The van der Waals surface area contributed by atoms with E-state index in [0.29, 0.717) is 12.3 Å². The van der Waals surface area contributed by atoms with Crippen LogP contribution in [-0.4, -0.2) is 24.3 Å². The highest BCUT2D eigenvalue weighted by atomic mass is 79.9. The Kier molecular flexibility index (Phi) is 8.48. The van der Waals surface area contributed by atoms with Gasteiger partial charge >= 0.3 is 0 Å². The molecule has 0 saturated heterocycles. The predicted octanol–water partition coefficient (Wildman–Crippen LogP) is 2.38. The van der Waals surface area contributed by atoms with Crippen LogP contribution < -0.4 is 20.9 Å². The summed E-state index contributed by atoms with van der Waals surface area (Å²) in [5.41, 5.74) is 6.55. The molecule has 0 bridgehead atoms. The monoisotopic (exact) mass is 447 g/mol. The number of aryl methyl sites for hydroxylation is 1. The number of carbonyl (C=O) groups is 3. The van der Waals surface area contributed by atoms with Crippen molar-refractivity contribution in [2.24, 2.45) is 0 Å². The largest absolute Gasteiger partial charge is 0.483 e. The predicted molar refractivity (Wildman–Crippen MR) is 108 cm³/mol. The minimum atomic E-state index is -0.505. The van der Waals surface area contributed by atoms with Crippen molar-refractivity contribution in [3.05, 3.63) is 64.1 Å². The van der Waals surface area contributed by atoms with Gasteiger partial charge in [-0.15, -0.1) is 0 Å². The van der Waals surface area contributed by atoms with Crippen molar-refractivity contribution >= 4 is 33.7 Å². The first kappa shape index (κ1) is 21.4. The van der Waals surface area contributed by atoms with Crippen molar-refractivity contribution in [1.29, 1.82) is 0 Å². The highest BCUT2D eigenvalue weighted by Gasteiger charge is 2.09. The lowest BCUT2D eigenvalue weighted by atomic mass is 10.2. The van der Waals surface area contributed by atoms with Crippen LogP contribution in [0.4, 0.5) is 0 Å². The molecule has 2 aromatic rings. The zero-order chi connectivity index (χ0) is 20.4. The summed E-state index contributed by atoms with van der Waals surface area (Å²) in [5.74, 6) is -0.672. The molecule has 0 atom stereocenters. The van der Waals surface area contributed by atoms with Gasteiger partial charge in [0.05, 0.1) is 4.47 Å².